The zero-order valence-corrected chi connectivity index (χ0v) is 23.0. The molecule has 4 aromatic rings. The molecule has 1 fully saturated rings. The van der Waals surface area contributed by atoms with Crippen LogP contribution in [0.1, 0.15) is 49.1 Å². The lowest BCUT2D eigenvalue weighted by atomic mass is 9.88. The number of hydrogen-bond acceptors (Lipinski definition) is 7. The van der Waals surface area contributed by atoms with Gasteiger partial charge in [0.05, 0.1) is 18.7 Å². The topological polar surface area (TPSA) is 102 Å². The summed E-state index contributed by atoms with van der Waals surface area (Å²) >= 11 is 0.940. The molecule has 1 aliphatic carbocycles. The van der Waals surface area contributed by atoms with Gasteiger partial charge >= 0.3 is 6.18 Å². The molecule has 41 heavy (non-hydrogen) atoms. The smallest absolute Gasteiger partial charge is 0.335 e. The summed E-state index contributed by atoms with van der Waals surface area (Å²) in [6, 6.07) is 8.02. The highest BCUT2D eigenvalue weighted by Crippen LogP contribution is 2.40. The van der Waals surface area contributed by atoms with Gasteiger partial charge in [-0.15, -0.1) is 11.3 Å². The van der Waals surface area contributed by atoms with Crippen LogP contribution < -0.4 is 0 Å². The van der Waals surface area contributed by atoms with Crippen molar-refractivity contribution in [2.75, 3.05) is 26.2 Å². The van der Waals surface area contributed by atoms with Gasteiger partial charge in [0, 0.05) is 60.7 Å². The largest absolute Gasteiger partial charge is 0.393 e. The molecule has 1 atom stereocenters. The normalized spacial score (nSPS) is 17.5. The first-order valence-electron chi connectivity index (χ1n) is 13.2. The Hall–Kier alpha value is -4.08. The molecule has 4 heterocycles. The van der Waals surface area contributed by atoms with Crippen LogP contribution in [0, 0.1) is 18.3 Å². The van der Waals surface area contributed by atoms with E-state index in [0.29, 0.717) is 49.4 Å². The average Bonchev–Trinajstić information content (AvgIpc) is 3.68. The number of aromatic nitrogens is 4. The number of hydrogen-bond donors (Lipinski definition) is 1. The van der Waals surface area contributed by atoms with Gasteiger partial charge in [0.2, 0.25) is 0 Å². The van der Waals surface area contributed by atoms with Crippen molar-refractivity contribution >= 4 is 33.5 Å². The predicted molar refractivity (Wildman–Crippen MR) is 148 cm³/mol. The number of benzene rings is 1. The van der Waals surface area contributed by atoms with Crippen molar-refractivity contribution in [3.8, 4) is 6.07 Å². The summed E-state index contributed by atoms with van der Waals surface area (Å²) in [5.41, 5.74) is 6.54. The molecule has 1 aliphatic heterocycles. The van der Waals surface area contributed by atoms with Crippen LogP contribution in [-0.4, -0.2) is 68.2 Å². The fourth-order valence-electron chi connectivity index (χ4n) is 5.70. The molecule has 210 valence electrons. The summed E-state index contributed by atoms with van der Waals surface area (Å²) in [5, 5.41) is 17.0. The Morgan fingerprint density at radius 1 is 1.22 bits per heavy atom. The molecule has 0 spiro atoms. The van der Waals surface area contributed by atoms with Crippen LogP contribution in [0.3, 0.4) is 0 Å². The second-order valence-corrected chi connectivity index (χ2v) is 11.6. The van der Waals surface area contributed by atoms with Crippen molar-refractivity contribution in [2.45, 2.75) is 38.4 Å². The van der Waals surface area contributed by atoms with E-state index in [1.54, 1.807) is 11.1 Å². The monoisotopic (exact) mass is 577 g/mol. The lowest BCUT2D eigenvalue weighted by Gasteiger charge is -2.35. The number of carbonyl (C=O) groups excluding carboxylic acids is 1. The number of H-pyrrole nitrogens is 1. The van der Waals surface area contributed by atoms with Crippen molar-refractivity contribution in [2.24, 2.45) is 0 Å². The number of allylic oxidation sites excluding steroid dienone is 1. The van der Waals surface area contributed by atoms with Crippen molar-refractivity contribution in [1.29, 1.82) is 5.26 Å². The van der Waals surface area contributed by atoms with Crippen molar-refractivity contribution in [3.05, 3.63) is 80.9 Å². The van der Waals surface area contributed by atoms with Crippen molar-refractivity contribution < 1.29 is 18.0 Å². The summed E-state index contributed by atoms with van der Waals surface area (Å²) in [4.78, 5) is 26.0. The Labute approximate surface area is 238 Å². The lowest BCUT2D eigenvalue weighted by Crippen LogP contribution is -2.48. The molecular weight excluding hydrogens is 551 g/mol. The Kier molecular flexibility index (Phi) is 7.09. The maximum absolute atomic E-state index is 13.3. The Morgan fingerprint density at radius 3 is 2.73 bits per heavy atom. The van der Waals surface area contributed by atoms with Crippen molar-refractivity contribution in [1.82, 2.24) is 30.0 Å². The molecule has 0 radical (unpaired) electrons. The summed E-state index contributed by atoms with van der Waals surface area (Å²) < 4.78 is 38.7. The van der Waals surface area contributed by atoms with E-state index in [1.807, 2.05) is 12.3 Å². The van der Waals surface area contributed by atoms with E-state index in [2.05, 4.69) is 50.2 Å². The fourth-order valence-corrected chi connectivity index (χ4v) is 6.73. The van der Waals surface area contributed by atoms with Crippen LogP contribution >= 0.6 is 11.3 Å². The number of piperazine rings is 1. The first kappa shape index (κ1) is 27.1. The highest BCUT2D eigenvalue weighted by atomic mass is 32.1. The summed E-state index contributed by atoms with van der Waals surface area (Å²) in [7, 11) is 0. The maximum Gasteiger partial charge on any atom is 0.393 e. The zero-order chi connectivity index (χ0) is 28.7. The Bertz CT molecular complexity index is 1680. The summed E-state index contributed by atoms with van der Waals surface area (Å²) in [5.74, 6) is -0.282. The van der Waals surface area contributed by atoms with E-state index in [1.165, 1.54) is 18.0 Å². The molecule has 1 N–H and O–H groups in total. The zero-order valence-electron chi connectivity index (χ0n) is 22.2. The number of alkyl halides is 3. The molecule has 8 nitrogen and oxygen atoms in total. The van der Waals surface area contributed by atoms with Gasteiger partial charge in [-0.25, -0.2) is 9.97 Å². The minimum Gasteiger partial charge on any atom is -0.335 e. The molecular formula is C29H26F3N7OS. The molecule has 1 saturated heterocycles. The average molecular weight is 578 g/mol. The minimum atomic E-state index is -4.33. The van der Waals surface area contributed by atoms with Gasteiger partial charge in [-0.3, -0.25) is 14.8 Å². The van der Waals surface area contributed by atoms with E-state index in [0.717, 1.165) is 39.2 Å². The highest BCUT2D eigenvalue weighted by Gasteiger charge is 2.31. The van der Waals surface area contributed by atoms with Gasteiger partial charge in [-0.2, -0.15) is 23.5 Å². The van der Waals surface area contributed by atoms with E-state index >= 15 is 0 Å². The Balaban J connectivity index is 1.13. The van der Waals surface area contributed by atoms with E-state index in [4.69, 9.17) is 0 Å². The third-order valence-electron chi connectivity index (χ3n) is 7.85. The number of aromatic amines is 1. The second-order valence-electron chi connectivity index (χ2n) is 10.4. The molecule has 1 amide bonds. The van der Waals surface area contributed by atoms with Gasteiger partial charge < -0.3 is 4.90 Å². The number of thiophene rings is 1. The standard InChI is InChI=1S/C29H26F3N7OS/c1-17-19(2-3-22-23(17)9-20(12-33)24(22)8-18-13-36-37-14-18)15-38-4-6-39(7-5-38)28(40)26-25-10-21(11-29(30,31)32)41-27(25)35-16-34-26/h2-3,9-10,13-14,16,24H,4-8,11,15H2,1H3,(H,36,37). The number of amides is 1. The summed E-state index contributed by atoms with van der Waals surface area (Å²) in [6.45, 7) is 5.09. The molecule has 6 rings (SSSR count). The van der Waals surface area contributed by atoms with Crippen LogP contribution in [0.4, 0.5) is 13.2 Å². The SMILES string of the molecule is Cc1c(CN2CCN(C(=O)c3ncnc4sc(CC(F)(F)F)cc34)CC2)ccc2c1C=C(C#N)C2Cc1cn[nH]c1. The number of fused-ring (bicyclic) bond motifs is 2. The number of nitrogens with zero attached hydrogens (tertiary/aromatic N) is 6. The van der Waals surface area contributed by atoms with E-state index in [9.17, 15) is 23.2 Å². The predicted octanol–water partition coefficient (Wildman–Crippen LogP) is 5.03. The third kappa shape index (κ3) is 5.47. The van der Waals surface area contributed by atoms with Crippen LogP contribution in [-0.2, 0) is 19.4 Å². The van der Waals surface area contributed by atoms with Gasteiger partial charge in [-0.1, -0.05) is 12.1 Å². The molecule has 0 saturated carbocycles. The highest BCUT2D eigenvalue weighted by molar-refractivity contribution is 7.18. The number of carbonyl (C=O) groups is 1. The minimum absolute atomic E-state index is 0.0101. The molecule has 2 aliphatic rings. The number of nitriles is 1. The second kappa shape index (κ2) is 10.7. The van der Waals surface area contributed by atoms with Crippen LogP contribution in [0.5, 0.6) is 0 Å². The fraction of sp³-hybridized carbons (Fsp3) is 0.345. The van der Waals surface area contributed by atoms with Gasteiger partial charge in [0.15, 0.2) is 0 Å². The van der Waals surface area contributed by atoms with Gasteiger partial charge in [0.1, 0.15) is 16.9 Å². The van der Waals surface area contributed by atoms with Crippen molar-refractivity contribution in [3.63, 3.8) is 0 Å². The molecule has 1 aromatic carbocycles. The third-order valence-corrected chi connectivity index (χ3v) is 8.89. The van der Waals surface area contributed by atoms with E-state index < -0.39 is 12.6 Å². The number of nitrogens with one attached hydrogen (secondary N) is 1. The number of rotatable bonds is 6. The van der Waals surface area contributed by atoms with Crippen LogP contribution in [0.25, 0.3) is 16.3 Å². The van der Waals surface area contributed by atoms with Crippen LogP contribution in [0.15, 0.2) is 42.5 Å². The molecule has 1 unspecified atom stereocenters. The Morgan fingerprint density at radius 2 is 2.02 bits per heavy atom. The molecule has 12 heteroatoms. The van der Waals surface area contributed by atoms with Crippen LogP contribution in [0.2, 0.25) is 0 Å². The first-order valence-corrected chi connectivity index (χ1v) is 14.1. The van der Waals surface area contributed by atoms with Gasteiger partial charge in [-0.05, 0) is 53.3 Å². The van der Waals surface area contributed by atoms with E-state index in [-0.39, 0.29) is 22.4 Å². The maximum atomic E-state index is 13.3. The first-order chi connectivity index (χ1) is 19.7. The molecule has 0 bridgehead atoms. The number of halogens is 3. The summed E-state index contributed by atoms with van der Waals surface area (Å²) in [6.07, 6.45) is 2.22. The quantitative estimate of drug-likeness (QED) is 0.345. The molecule has 3 aromatic heterocycles. The lowest BCUT2D eigenvalue weighted by molar-refractivity contribution is -0.126. The van der Waals surface area contributed by atoms with Gasteiger partial charge in [0.25, 0.3) is 5.91 Å².